The first-order chi connectivity index (χ1) is 9.19. The van der Waals surface area contributed by atoms with Crippen molar-refractivity contribution in [2.24, 2.45) is 5.73 Å². The summed E-state index contributed by atoms with van der Waals surface area (Å²) in [6.45, 7) is 2.51. The van der Waals surface area contributed by atoms with E-state index in [1.807, 2.05) is 30.3 Å². The van der Waals surface area contributed by atoms with Crippen molar-refractivity contribution in [3.8, 4) is 0 Å². The van der Waals surface area contributed by atoms with Gasteiger partial charge in [0.15, 0.2) is 0 Å². The van der Waals surface area contributed by atoms with Crippen LogP contribution >= 0.6 is 0 Å². The molecule has 0 amide bonds. The number of methoxy groups -OCH3 is 1. The molecule has 3 N–H and O–H groups in total. The molecule has 4 heteroatoms. The molecule has 1 heterocycles. The SMILES string of the molecule is COC1CCN(CC(O)C(N)Cc2ccccc2)C1. The standard InChI is InChI=1S/C15H24N2O2/c1-19-13-7-8-17(10-13)11-15(18)14(16)9-12-5-3-2-4-6-12/h2-6,13-15,18H,7-11,16H2,1H3. The minimum atomic E-state index is -0.490. The first-order valence-electron chi connectivity index (χ1n) is 6.91. The minimum absolute atomic E-state index is 0.219. The van der Waals surface area contributed by atoms with Crippen LogP contribution in [0.4, 0.5) is 0 Å². The van der Waals surface area contributed by atoms with Crippen LogP contribution in [0.1, 0.15) is 12.0 Å². The highest BCUT2D eigenvalue weighted by molar-refractivity contribution is 5.16. The van der Waals surface area contributed by atoms with Crippen LogP contribution in [0.3, 0.4) is 0 Å². The number of aliphatic hydroxyl groups is 1. The van der Waals surface area contributed by atoms with Crippen LogP contribution in [-0.4, -0.2) is 55.0 Å². The smallest absolute Gasteiger partial charge is 0.0820 e. The average Bonchev–Trinajstić information content (AvgIpc) is 2.87. The number of nitrogens with two attached hydrogens (primary N) is 1. The largest absolute Gasteiger partial charge is 0.390 e. The Bertz CT molecular complexity index is 372. The third kappa shape index (κ3) is 4.28. The average molecular weight is 264 g/mol. The molecule has 1 aromatic rings. The minimum Gasteiger partial charge on any atom is -0.390 e. The lowest BCUT2D eigenvalue weighted by molar-refractivity contribution is 0.0795. The summed E-state index contributed by atoms with van der Waals surface area (Å²) in [5, 5.41) is 10.2. The summed E-state index contributed by atoms with van der Waals surface area (Å²) < 4.78 is 5.32. The molecule has 0 aromatic heterocycles. The van der Waals surface area contributed by atoms with Crippen molar-refractivity contribution in [3.63, 3.8) is 0 Å². The van der Waals surface area contributed by atoms with Gasteiger partial charge >= 0.3 is 0 Å². The summed E-state index contributed by atoms with van der Waals surface area (Å²) in [5.41, 5.74) is 7.26. The number of β-amino-alcohol motifs (C(OH)–C–C–N with tert-alkyl or cyclic N) is 1. The van der Waals surface area contributed by atoms with E-state index in [-0.39, 0.29) is 6.04 Å². The van der Waals surface area contributed by atoms with Crippen molar-refractivity contribution in [1.82, 2.24) is 4.90 Å². The normalized spacial score (nSPS) is 23.4. The topological polar surface area (TPSA) is 58.7 Å². The first kappa shape index (κ1) is 14.5. The van der Waals surface area contributed by atoms with Gasteiger partial charge in [0.2, 0.25) is 0 Å². The monoisotopic (exact) mass is 264 g/mol. The molecule has 2 rings (SSSR count). The zero-order chi connectivity index (χ0) is 13.7. The third-order valence-electron chi connectivity index (χ3n) is 3.82. The van der Waals surface area contributed by atoms with E-state index < -0.39 is 6.10 Å². The number of nitrogens with zero attached hydrogens (tertiary/aromatic N) is 1. The molecule has 0 saturated carbocycles. The summed E-state index contributed by atoms with van der Waals surface area (Å²) >= 11 is 0. The molecular weight excluding hydrogens is 240 g/mol. The maximum absolute atomic E-state index is 10.2. The summed E-state index contributed by atoms with van der Waals surface area (Å²) in [4.78, 5) is 2.23. The molecule has 1 saturated heterocycles. The Balaban J connectivity index is 1.78. The molecule has 3 atom stereocenters. The van der Waals surface area contributed by atoms with Gasteiger partial charge in [0, 0.05) is 32.8 Å². The zero-order valence-corrected chi connectivity index (χ0v) is 11.5. The van der Waals surface area contributed by atoms with Crippen LogP contribution in [0.25, 0.3) is 0 Å². The van der Waals surface area contributed by atoms with Crippen molar-refractivity contribution in [2.75, 3.05) is 26.7 Å². The van der Waals surface area contributed by atoms with Crippen molar-refractivity contribution < 1.29 is 9.84 Å². The van der Waals surface area contributed by atoms with Gasteiger partial charge in [-0.25, -0.2) is 0 Å². The summed E-state index contributed by atoms with van der Waals surface area (Å²) in [6.07, 6.45) is 1.56. The molecule has 0 bridgehead atoms. The van der Waals surface area contributed by atoms with Crippen molar-refractivity contribution in [2.45, 2.75) is 31.1 Å². The highest BCUT2D eigenvalue weighted by Gasteiger charge is 2.25. The van der Waals surface area contributed by atoms with E-state index in [2.05, 4.69) is 4.90 Å². The Morgan fingerprint density at radius 3 is 2.79 bits per heavy atom. The van der Waals surface area contributed by atoms with E-state index in [1.54, 1.807) is 7.11 Å². The van der Waals surface area contributed by atoms with Gasteiger partial charge in [-0.1, -0.05) is 30.3 Å². The fraction of sp³-hybridized carbons (Fsp3) is 0.600. The highest BCUT2D eigenvalue weighted by Crippen LogP contribution is 2.13. The lowest BCUT2D eigenvalue weighted by Crippen LogP contribution is -2.44. The van der Waals surface area contributed by atoms with Crippen molar-refractivity contribution >= 4 is 0 Å². The Kier molecular flexibility index (Phi) is 5.34. The second-order valence-corrected chi connectivity index (χ2v) is 5.33. The summed E-state index contributed by atoms with van der Waals surface area (Å²) in [7, 11) is 1.74. The second kappa shape index (κ2) is 7.01. The van der Waals surface area contributed by atoms with Gasteiger partial charge < -0.3 is 15.6 Å². The maximum atomic E-state index is 10.2. The molecule has 106 valence electrons. The maximum Gasteiger partial charge on any atom is 0.0820 e. The quantitative estimate of drug-likeness (QED) is 0.791. The Hall–Kier alpha value is -0.940. The molecule has 0 spiro atoms. The molecule has 0 radical (unpaired) electrons. The number of benzene rings is 1. The molecule has 1 aliphatic heterocycles. The lowest BCUT2D eigenvalue weighted by atomic mass is 10.0. The van der Waals surface area contributed by atoms with Gasteiger partial charge in [-0.2, -0.15) is 0 Å². The van der Waals surface area contributed by atoms with Gasteiger partial charge in [-0.3, -0.25) is 4.90 Å². The molecule has 1 fully saturated rings. The van der Waals surface area contributed by atoms with Gasteiger partial charge in [0.1, 0.15) is 0 Å². The molecule has 19 heavy (non-hydrogen) atoms. The molecule has 0 aliphatic carbocycles. The first-order valence-corrected chi connectivity index (χ1v) is 6.91. The van der Waals surface area contributed by atoms with E-state index in [0.29, 0.717) is 19.1 Å². The van der Waals surface area contributed by atoms with E-state index in [9.17, 15) is 5.11 Å². The third-order valence-corrected chi connectivity index (χ3v) is 3.82. The lowest BCUT2D eigenvalue weighted by Gasteiger charge is -2.24. The number of hydrogen-bond donors (Lipinski definition) is 2. The fourth-order valence-corrected chi connectivity index (χ4v) is 2.58. The zero-order valence-electron chi connectivity index (χ0n) is 11.5. The van der Waals surface area contributed by atoms with Crippen LogP contribution in [0.5, 0.6) is 0 Å². The molecule has 1 aromatic carbocycles. The Morgan fingerprint density at radius 2 is 2.16 bits per heavy atom. The van der Waals surface area contributed by atoms with E-state index >= 15 is 0 Å². The van der Waals surface area contributed by atoms with Gasteiger partial charge in [0.05, 0.1) is 12.2 Å². The van der Waals surface area contributed by atoms with Crippen LogP contribution in [0, 0.1) is 0 Å². The number of aliphatic hydroxyl groups excluding tert-OH is 1. The predicted molar refractivity (Wildman–Crippen MR) is 76.0 cm³/mol. The number of hydrogen-bond acceptors (Lipinski definition) is 4. The number of rotatable bonds is 6. The van der Waals surface area contributed by atoms with E-state index in [0.717, 1.165) is 19.5 Å². The Morgan fingerprint density at radius 1 is 1.42 bits per heavy atom. The molecule has 4 nitrogen and oxygen atoms in total. The fourth-order valence-electron chi connectivity index (χ4n) is 2.58. The number of ether oxygens (including phenoxy) is 1. The van der Waals surface area contributed by atoms with E-state index in [4.69, 9.17) is 10.5 Å². The second-order valence-electron chi connectivity index (χ2n) is 5.33. The molecule has 3 unspecified atom stereocenters. The molecule has 1 aliphatic rings. The van der Waals surface area contributed by atoms with Crippen molar-refractivity contribution in [1.29, 1.82) is 0 Å². The predicted octanol–water partition coefficient (Wildman–Crippen LogP) is 0.638. The van der Waals surface area contributed by atoms with Gasteiger partial charge in [-0.15, -0.1) is 0 Å². The van der Waals surface area contributed by atoms with Crippen LogP contribution in [0.15, 0.2) is 30.3 Å². The van der Waals surface area contributed by atoms with Gasteiger partial charge in [-0.05, 0) is 18.4 Å². The van der Waals surface area contributed by atoms with Crippen LogP contribution in [-0.2, 0) is 11.2 Å². The highest BCUT2D eigenvalue weighted by atomic mass is 16.5. The number of likely N-dealkylation sites (tertiary alicyclic amines) is 1. The van der Waals surface area contributed by atoms with E-state index in [1.165, 1.54) is 5.56 Å². The Labute approximate surface area is 115 Å². The summed E-state index contributed by atoms with van der Waals surface area (Å²) in [5.74, 6) is 0. The molecular formula is C15H24N2O2. The van der Waals surface area contributed by atoms with Crippen LogP contribution < -0.4 is 5.73 Å². The van der Waals surface area contributed by atoms with Gasteiger partial charge in [0.25, 0.3) is 0 Å². The summed E-state index contributed by atoms with van der Waals surface area (Å²) in [6, 6.07) is 9.85. The van der Waals surface area contributed by atoms with Crippen molar-refractivity contribution in [3.05, 3.63) is 35.9 Å². The van der Waals surface area contributed by atoms with Crippen LogP contribution in [0.2, 0.25) is 0 Å².